The van der Waals surface area contributed by atoms with E-state index in [-0.39, 0.29) is 11.4 Å². The molecule has 3 rings (SSSR count). The van der Waals surface area contributed by atoms with E-state index >= 15 is 0 Å². The van der Waals surface area contributed by atoms with E-state index in [0.717, 1.165) is 22.9 Å². The quantitative estimate of drug-likeness (QED) is 0.814. The van der Waals surface area contributed by atoms with Gasteiger partial charge in [-0.15, -0.1) is 0 Å². The second-order valence-electron chi connectivity index (χ2n) is 4.68. The number of aromatic amines is 1. The number of likely N-dealkylation sites (N-methyl/N-ethyl adjacent to an activating group) is 1. The van der Waals surface area contributed by atoms with Crippen LogP contribution in [0.4, 0.5) is 4.39 Å². The summed E-state index contributed by atoms with van der Waals surface area (Å²) < 4.78 is 13.7. The molecule has 1 aromatic heterocycles. The van der Waals surface area contributed by atoms with Crippen LogP contribution in [0, 0.1) is 5.82 Å². The molecular formula is C13H15FN2. The van der Waals surface area contributed by atoms with Crippen molar-refractivity contribution in [1.82, 2.24) is 10.3 Å². The van der Waals surface area contributed by atoms with Crippen molar-refractivity contribution in [2.45, 2.75) is 24.8 Å². The largest absolute Gasteiger partial charge is 0.361 e. The Hall–Kier alpha value is -1.35. The van der Waals surface area contributed by atoms with Gasteiger partial charge in [0, 0.05) is 22.6 Å². The number of H-pyrrole nitrogens is 1. The Balaban J connectivity index is 2.04. The molecular weight excluding hydrogens is 203 g/mol. The number of fused-ring (bicyclic) bond motifs is 1. The van der Waals surface area contributed by atoms with Gasteiger partial charge < -0.3 is 10.3 Å². The van der Waals surface area contributed by atoms with Gasteiger partial charge in [0.1, 0.15) is 5.82 Å². The summed E-state index contributed by atoms with van der Waals surface area (Å²) in [5, 5.41) is 4.09. The van der Waals surface area contributed by atoms with Crippen LogP contribution < -0.4 is 5.32 Å². The molecule has 16 heavy (non-hydrogen) atoms. The van der Waals surface area contributed by atoms with Crippen molar-refractivity contribution >= 4 is 10.9 Å². The Morgan fingerprint density at radius 1 is 1.44 bits per heavy atom. The number of nitrogens with one attached hydrogen (secondary N) is 2. The molecule has 1 heterocycles. The van der Waals surface area contributed by atoms with E-state index < -0.39 is 0 Å². The third kappa shape index (κ3) is 1.43. The molecule has 1 aliphatic carbocycles. The molecule has 1 fully saturated rings. The average Bonchev–Trinajstić information content (AvgIpc) is 2.94. The van der Waals surface area contributed by atoms with Gasteiger partial charge in [-0.2, -0.15) is 0 Å². The molecule has 0 atom stereocenters. The number of benzene rings is 1. The van der Waals surface area contributed by atoms with Gasteiger partial charge in [-0.05, 0) is 44.0 Å². The van der Waals surface area contributed by atoms with Crippen molar-refractivity contribution in [3.8, 4) is 0 Å². The van der Waals surface area contributed by atoms with Crippen molar-refractivity contribution in [2.24, 2.45) is 0 Å². The second kappa shape index (κ2) is 3.32. The Labute approximate surface area is 93.9 Å². The molecule has 2 N–H and O–H groups in total. The van der Waals surface area contributed by atoms with Gasteiger partial charge in [-0.1, -0.05) is 6.07 Å². The van der Waals surface area contributed by atoms with Crippen molar-refractivity contribution in [1.29, 1.82) is 0 Å². The highest BCUT2D eigenvalue weighted by atomic mass is 19.1. The van der Waals surface area contributed by atoms with E-state index in [4.69, 9.17) is 0 Å². The molecule has 0 unspecified atom stereocenters. The fraction of sp³-hybridized carbons (Fsp3) is 0.385. The van der Waals surface area contributed by atoms with E-state index in [1.165, 1.54) is 18.9 Å². The molecule has 0 radical (unpaired) electrons. The zero-order valence-electron chi connectivity index (χ0n) is 9.31. The summed E-state index contributed by atoms with van der Waals surface area (Å²) in [6, 6.07) is 5.18. The standard InChI is InChI=1S/C13H15FN2/c1-15-13(5-6-13)7-9-8-16-11-4-2-3-10(14)12(9)11/h2-4,8,15-16H,5-7H2,1H3. The van der Waals surface area contributed by atoms with Crippen LogP contribution in [-0.4, -0.2) is 17.6 Å². The summed E-state index contributed by atoms with van der Waals surface area (Å²) in [5.41, 5.74) is 2.19. The van der Waals surface area contributed by atoms with E-state index in [2.05, 4.69) is 10.3 Å². The third-order valence-corrected chi connectivity index (χ3v) is 3.65. The Morgan fingerprint density at radius 2 is 2.25 bits per heavy atom. The second-order valence-corrected chi connectivity index (χ2v) is 4.68. The molecule has 1 aromatic carbocycles. The van der Waals surface area contributed by atoms with Gasteiger partial charge in [0.25, 0.3) is 0 Å². The summed E-state index contributed by atoms with van der Waals surface area (Å²) in [4.78, 5) is 3.14. The lowest BCUT2D eigenvalue weighted by molar-refractivity contribution is 0.549. The maximum absolute atomic E-state index is 13.7. The lowest BCUT2D eigenvalue weighted by atomic mass is 10.0. The van der Waals surface area contributed by atoms with Crippen molar-refractivity contribution < 1.29 is 4.39 Å². The molecule has 0 amide bonds. The zero-order chi connectivity index (χ0) is 11.2. The molecule has 0 saturated heterocycles. The van der Waals surface area contributed by atoms with Crippen molar-refractivity contribution in [2.75, 3.05) is 7.05 Å². The third-order valence-electron chi connectivity index (χ3n) is 3.65. The fourth-order valence-corrected chi connectivity index (χ4v) is 2.38. The maximum atomic E-state index is 13.7. The lowest BCUT2D eigenvalue weighted by Crippen LogP contribution is -2.29. The summed E-state index contributed by atoms with van der Waals surface area (Å²) in [5.74, 6) is -0.124. The topological polar surface area (TPSA) is 27.8 Å². The summed E-state index contributed by atoms with van der Waals surface area (Å²) in [7, 11) is 1.98. The van der Waals surface area contributed by atoms with Crippen LogP contribution in [0.15, 0.2) is 24.4 Å². The SMILES string of the molecule is CNC1(Cc2c[nH]c3cccc(F)c23)CC1. The Kier molecular flexibility index (Phi) is 2.04. The molecule has 2 aromatic rings. The van der Waals surface area contributed by atoms with E-state index in [1.807, 2.05) is 19.3 Å². The molecule has 0 spiro atoms. The summed E-state index contributed by atoms with van der Waals surface area (Å²) >= 11 is 0. The van der Waals surface area contributed by atoms with Crippen LogP contribution in [0.25, 0.3) is 10.9 Å². The minimum atomic E-state index is -0.124. The number of aromatic nitrogens is 1. The number of hydrogen-bond acceptors (Lipinski definition) is 1. The molecule has 0 aliphatic heterocycles. The maximum Gasteiger partial charge on any atom is 0.132 e. The van der Waals surface area contributed by atoms with Gasteiger partial charge in [-0.3, -0.25) is 0 Å². The molecule has 1 saturated carbocycles. The minimum Gasteiger partial charge on any atom is -0.361 e. The monoisotopic (exact) mass is 218 g/mol. The van der Waals surface area contributed by atoms with Crippen molar-refractivity contribution in [3.63, 3.8) is 0 Å². The predicted octanol–water partition coefficient (Wildman–Crippen LogP) is 2.60. The van der Waals surface area contributed by atoms with Gasteiger partial charge in [-0.25, -0.2) is 4.39 Å². The van der Waals surface area contributed by atoms with Gasteiger partial charge >= 0.3 is 0 Å². The van der Waals surface area contributed by atoms with Crippen LogP contribution in [0.1, 0.15) is 18.4 Å². The first kappa shape index (κ1) is 9.85. The molecule has 3 heteroatoms. The highest BCUT2D eigenvalue weighted by Crippen LogP contribution is 2.39. The van der Waals surface area contributed by atoms with Crippen LogP contribution in [0.5, 0.6) is 0 Å². The molecule has 1 aliphatic rings. The first-order valence-electron chi connectivity index (χ1n) is 5.67. The van der Waals surface area contributed by atoms with Gasteiger partial charge in [0.15, 0.2) is 0 Å². The van der Waals surface area contributed by atoms with Gasteiger partial charge in [0.2, 0.25) is 0 Å². The van der Waals surface area contributed by atoms with E-state index in [9.17, 15) is 4.39 Å². The Morgan fingerprint density at radius 3 is 2.94 bits per heavy atom. The molecule has 84 valence electrons. The number of halogens is 1. The highest BCUT2D eigenvalue weighted by Gasteiger charge is 2.41. The molecule has 2 nitrogen and oxygen atoms in total. The Bertz CT molecular complexity index is 526. The van der Waals surface area contributed by atoms with E-state index in [0.29, 0.717) is 0 Å². The smallest absolute Gasteiger partial charge is 0.132 e. The van der Waals surface area contributed by atoms with Crippen LogP contribution >= 0.6 is 0 Å². The predicted molar refractivity (Wildman–Crippen MR) is 63.0 cm³/mol. The van der Waals surface area contributed by atoms with Crippen molar-refractivity contribution in [3.05, 3.63) is 35.8 Å². The average molecular weight is 218 g/mol. The van der Waals surface area contributed by atoms with Crippen LogP contribution in [0.3, 0.4) is 0 Å². The highest BCUT2D eigenvalue weighted by molar-refractivity contribution is 5.84. The first-order chi connectivity index (χ1) is 7.74. The minimum absolute atomic E-state index is 0.124. The van der Waals surface area contributed by atoms with E-state index in [1.54, 1.807) is 6.07 Å². The summed E-state index contributed by atoms with van der Waals surface area (Å²) in [6.45, 7) is 0. The zero-order valence-corrected chi connectivity index (χ0v) is 9.31. The summed E-state index contributed by atoms with van der Waals surface area (Å²) in [6.07, 6.45) is 5.21. The lowest BCUT2D eigenvalue weighted by Gasteiger charge is -2.12. The number of hydrogen-bond donors (Lipinski definition) is 2. The first-order valence-corrected chi connectivity index (χ1v) is 5.67. The van der Waals surface area contributed by atoms with Crippen LogP contribution in [0.2, 0.25) is 0 Å². The molecule has 0 bridgehead atoms. The number of rotatable bonds is 3. The normalized spacial score (nSPS) is 17.9. The van der Waals surface area contributed by atoms with Gasteiger partial charge in [0.05, 0.1) is 0 Å². The fourth-order valence-electron chi connectivity index (χ4n) is 2.38. The van der Waals surface area contributed by atoms with Crippen LogP contribution in [-0.2, 0) is 6.42 Å².